The first-order valence-corrected chi connectivity index (χ1v) is 8.58. The Morgan fingerprint density at radius 3 is 3.04 bits per heavy atom. The Hall–Kier alpha value is -2.96. The van der Waals surface area contributed by atoms with Crippen LogP contribution in [0.4, 0.5) is 10.2 Å². The zero-order valence-electron chi connectivity index (χ0n) is 14.4. The number of hydrogen-bond acceptors (Lipinski definition) is 5. The number of ketones is 1. The molecule has 0 amide bonds. The lowest BCUT2D eigenvalue weighted by molar-refractivity contribution is 0.0906. The van der Waals surface area contributed by atoms with E-state index in [4.69, 9.17) is 4.74 Å². The number of aromatic amines is 1. The molecule has 0 bridgehead atoms. The zero-order chi connectivity index (χ0) is 18.1. The van der Waals surface area contributed by atoms with E-state index in [9.17, 15) is 9.18 Å². The third-order valence-corrected chi connectivity index (χ3v) is 4.86. The number of carbonyl (C=O) groups is 1. The van der Waals surface area contributed by atoms with E-state index >= 15 is 0 Å². The fraction of sp³-hybridized carbons (Fsp3) is 0.316. The molecule has 7 heteroatoms. The van der Waals surface area contributed by atoms with E-state index in [1.54, 1.807) is 6.07 Å². The number of Topliss-reactive ketones (excluding diaryl/α,β-unsaturated/α-hetero) is 1. The number of piperidine rings is 1. The van der Waals surface area contributed by atoms with Crippen molar-refractivity contribution in [1.29, 1.82) is 0 Å². The molecule has 1 aliphatic heterocycles. The van der Waals surface area contributed by atoms with Gasteiger partial charge in [0, 0.05) is 30.8 Å². The van der Waals surface area contributed by atoms with E-state index in [-0.39, 0.29) is 17.5 Å². The molecule has 6 nitrogen and oxygen atoms in total. The first kappa shape index (κ1) is 16.5. The van der Waals surface area contributed by atoms with E-state index in [1.165, 1.54) is 25.6 Å². The Morgan fingerprint density at radius 2 is 2.23 bits per heavy atom. The minimum atomic E-state index is -0.518. The summed E-state index contributed by atoms with van der Waals surface area (Å²) in [5.74, 6) is 0.212. The van der Waals surface area contributed by atoms with Crippen LogP contribution in [-0.2, 0) is 0 Å². The molecule has 3 aromatic rings. The molecule has 0 saturated carbocycles. The number of ether oxygens (including phenoxy) is 1. The summed E-state index contributed by atoms with van der Waals surface area (Å²) in [6.07, 6.45) is 5.02. The van der Waals surface area contributed by atoms with Gasteiger partial charge in [-0.15, -0.1) is 0 Å². The maximum atomic E-state index is 14.0. The number of anilines is 1. The monoisotopic (exact) mass is 354 g/mol. The van der Waals surface area contributed by atoms with Crippen molar-refractivity contribution in [2.75, 3.05) is 25.1 Å². The molecule has 2 aromatic heterocycles. The SMILES string of the molecule is COc1ccc(C(=O)[C@@H]2CCCN(c3ncnc4[nH]ccc34)C2)cc1F. The van der Waals surface area contributed by atoms with Gasteiger partial charge in [0.2, 0.25) is 0 Å². The quantitative estimate of drug-likeness (QED) is 0.729. The highest BCUT2D eigenvalue weighted by molar-refractivity contribution is 5.98. The molecule has 1 N–H and O–H groups in total. The van der Waals surface area contributed by atoms with E-state index in [0.717, 1.165) is 36.2 Å². The number of aromatic nitrogens is 3. The first-order valence-electron chi connectivity index (χ1n) is 8.58. The van der Waals surface area contributed by atoms with Crippen molar-refractivity contribution in [3.8, 4) is 5.75 Å². The molecule has 4 rings (SSSR count). The van der Waals surface area contributed by atoms with Crippen LogP contribution in [0, 0.1) is 11.7 Å². The van der Waals surface area contributed by atoms with Gasteiger partial charge in [-0.2, -0.15) is 0 Å². The Kier molecular flexibility index (Phi) is 4.28. The molecule has 0 spiro atoms. The summed E-state index contributed by atoms with van der Waals surface area (Å²) in [5.41, 5.74) is 1.16. The lowest BCUT2D eigenvalue weighted by Gasteiger charge is -2.33. The Bertz CT molecular complexity index is 956. The normalized spacial score (nSPS) is 17.5. The number of fused-ring (bicyclic) bond motifs is 1. The van der Waals surface area contributed by atoms with Crippen LogP contribution in [0.3, 0.4) is 0 Å². The number of halogens is 1. The van der Waals surface area contributed by atoms with Crippen LogP contribution in [0.25, 0.3) is 11.0 Å². The minimum absolute atomic E-state index is 0.0457. The van der Waals surface area contributed by atoms with Crippen LogP contribution in [0.1, 0.15) is 23.2 Å². The second kappa shape index (κ2) is 6.74. The molecule has 1 aliphatic rings. The number of rotatable bonds is 4. The molecule has 1 fully saturated rings. The number of benzene rings is 1. The van der Waals surface area contributed by atoms with Gasteiger partial charge in [-0.3, -0.25) is 4.79 Å². The number of methoxy groups -OCH3 is 1. The Morgan fingerprint density at radius 1 is 1.35 bits per heavy atom. The van der Waals surface area contributed by atoms with Crippen LogP contribution in [-0.4, -0.2) is 40.9 Å². The fourth-order valence-corrected chi connectivity index (χ4v) is 3.55. The maximum absolute atomic E-state index is 14.0. The number of nitrogens with zero attached hydrogens (tertiary/aromatic N) is 3. The summed E-state index contributed by atoms with van der Waals surface area (Å²) in [4.78, 5) is 26.7. The van der Waals surface area contributed by atoms with Gasteiger partial charge in [0.1, 0.15) is 17.8 Å². The highest BCUT2D eigenvalue weighted by Gasteiger charge is 2.28. The predicted octanol–water partition coefficient (Wildman–Crippen LogP) is 3.20. The maximum Gasteiger partial charge on any atom is 0.167 e. The molecule has 134 valence electrons. The summed E-state index contributed by atoms with van der Waals surface area (Å²) in [5, 5.41) is 0.941. The molecule has 1 atom stereocenters. The molecule has 0 unspecified atom stereocenters. The molecule has 0 aliphatic carbocycles. The van der Waals surface area contributed by atoms with Crippen molar-refractivity contribution in [1.82, 2.24) is 15.0 Å². The Labute approximate surface area is 150 Å². The molecule has 3 heterocycles. The molecular weight excluding hydrogens is 335 g/mol. The largest absolute Gasteiger partial charge is 0.494 e. The zero-order valence-corrected chi connectivity index (χ0v) is 14.4. The molecule has 1 saturated heterocycles. The van der Waals surface area contributed by atoms with Crippen molar-refractivity contribution in [3.63, 3.8) is 0 Å². The van der Waals surface area contributed by atoms with Crippen molar-refractivity contribution in [2.45, 2.75) is 12.8 Å². The van der Waals surface area contributed by atoms with E-state index in [0.29, 0.717) is 12.1 Å². The van der Waals surface area contributed by atoms with E-state index in [2.05, 4.69) is 19.9 Å². The van der Waals surface area contributed by atoms with Crippen LogP contribution < -0.4 is 9.64 Å². The van der Waals surface area contributed by atoms with Crippen molar-refractivity contribution in [3.05, 3.63) is 48.2 Å². The van der Waals surface area contributed by atoms with Gasteiger partial charge in [0.05, 0.1) is 12.5 Å². The Balaban J connectivity index is 1.58. The van der Waals surface area contributed by atoms with E-state index < -0.39 is 5.82 Å². The van der Waals surface area contributed by atoms with Gasteiger partial charge in [-0.25, -0.2) is 14.4 Å². The lowest BCUT2D eigenvalue weighted by atomic mass is 9.90. The van der Waals surface area contributed by atoms with Crippen molar-refractivity contribution >= 4 is 22.6 Å². The van der Waals surface area contributed by atoms with Crippen LogP contribution in [0.15, 0.2) is 36.8 Å². The van der Waals surface area contributed by atoms with Gasteiger partial charge in [-0.05, 0) is 37.1 Å². The average molecular weight is 354 g/mol. The summed E-state index contributed by atoms with van der Waals surface area (Å²) >= 11 is 0. The second-order valence-electron chi connectivity index (χ2n) is 6.44. The molecule has 0 radical (unpaired) electrons. The summed E-state index contributed by atoms with van der Waals surface area (Å²) in [6, 6.07) is 6.32. The van der Waals surface area contributed by atoms with Crippen LogP contribution >= 0.6 is 0 Å². The van der Waals surface area contributed by atoms with Crippen molar-refractivity contribution < 1.29 is 13.9 Å². The third kappa shape index (κ3) is 2.89. The van der Waals surface area contributed by atoms with Gasteiger partial charge in [-0.1, -0.05) is 0 Å². The van der Waals surface area contributed by atoms with Crippen LogP contribution in [0.5, 0.6) is 5.75 Å². The fourth-order valence-electron chi connectivity index (χ4n) is 3.55. The molecule has 26 heavy (non-hydrogen) atoms. The topological polar surface area (TPSA) is 71.1 Å². The number of nitrogens with one attached hydrogen (secondary N) is 1. The third-order valence-electron chi connectivity index (χ3n) is 4.86. The lowest BCUT2D eigenvalue weighted by Crippen LogP contribution is -2.39. The minimum Gasteiger partial charge on any atom is -0.494 e. The van der Waals surface area contributed by atoms with Crippen molar-refractivity contribution in [2.24, 2.45) is 5.92 Å². The summed E-state index contributed by atoms with van der Waals surface area (Å²) in [6.45, 7) is 1.39. The highest BCUT2D eigenvalue weighted by Crippen LogP contribution is 2.29. The van der Waals surface area contributed by atoms with E-state index in [1.807, 2.05) is 12.3 Å². The van der Waals surface area contributed by atoms with Gasteiger partial charge < -0.3 is 14.6 Å². The second-order valence-corrected chi connectivity index (χ2v) is 6.44. The summed E-state index contributed by atoms with van der Waals surface area (Å²) in [7, 11) is 1.41. The predicted molar refractivity (Wildman–Crippen MR) is 96.1 cm³/mol. The van der Waals surface area contributed by atoms with Gasteiger partial charge in [0.15, 0.2) is 17.3 Å². The molecular formula is C19H19FN4O2. The highest BCUT2D eigenvalue weighted by atomic mass is 19.1. The average Bonchev–Trinajstić information content (AvgIpc) is 3.16. The van der Waals surface area contributed by atoms with Gasteiger partial charge >= 0.3 is 0 Å². The number of hydrogen-bond donors (Lipinski definition) is 1. The number of H-pyrrole nitrogens is 1. The standard InChI is InChI=1S/C19H19FN4O2/c1-26-16-5-4-12(9-15(16)20)17(25)13-3-2-8-24(10-13)19-14-6-7-21-18(14)22-11-23-19/h4-7,9,11,13H,2-3,8,10H2,1H3,(H,21,22,23)/t13-/m1/s1. The molecule has 1 aromatic carbocycles. The van der Waals surface area contributed by atoms with Crippen LogP contribution in [0.2, 0.25) is 0 Å². The first-order chi connectivity index (χ1) is 12.7. The number of carbonyl (C=O) groups excluding carboxylic acids is 1. The smallest absolute Gasteiger partial charge is 0.167 e. The summed E-state index contributed by atoms with van der Waals surface area (Å²) < 4.78 is 18.9. The van der Waals surface area contributed by atoms with Gasteiger partial charge in [0.25, 0.3) is 0 Å².